The highest BCUT2D eigenvalue weighted by Crippen LogP contribution is 2.01. The minimum Gasteiger partial charge on any atom is -0.363 e. The van der Waals surface area contributed by atoms with Gasteiger partial charge in [-0.15, -0.1) is 5.54 Å². The van der Waals surface area contributed by atoms with Gasteiger partial charge in [-0.2, -0.15) is 0 Å². The molecule has 1 aromatic heterocycles. The summed E-state index contributed by atoms with van der Waals surface area (Å²) in [4.78, 5) is 4.04. The quantitative estimate of drug-likeness (QED) is 0.453. The maximum atomic E-state index is 9.56. The number of aliphatic hydroxyl groups is 1. The van der Waals surface area contributed by atoms with Crippen LogP contribution < -0.4 is 5.32 Å². The monoisotopic (exact) mass is 220 g/mol. The number of nitrogens with zero attached hydrogens (tertiary/aromatic N) is 1. The maximum Gasteiger partial charge on any atom is 0.189 e. The summed E-state index contributed by atoms with van der Waals surface area (Å²) in [5, 5.41) is 12.4. The molecule has 3 nitrogen and oxygen atoms in total. The largest absolute Gasteiger partial charge is 0.363 e. The summed E-state index contributed by atoms with van der Waals surface area (Å²) in [6, 6.07) is 5.47. The SMILES string of the molecule is C[Si](C)(C)C#CC(O)Nc1ccccn1. The van der Waals surface area contributed by atoms with Gasteiger partial charge >= 0.3 is 0 Å². The van der Waals surface area contributed by atoms with E-state index < -0.39 is 14.3 Å². The highest BCUT2D eigenvalue weighted by molar-refractivity contribution is 6.83. The van der Waals surface area contributed by atoms with Gasteiger partial charge in [0.1, 0.15) is 13.9 Å². The van der Waals surface area contributed by atoms with Crippen LogP contribution in [0.4, 0.5) is 5.82 Å². The van der Waals surface area contributed by atoms with Gasteiger partial charge in [-0.3, -0.25) is 0 Å². The fourth-order valence-corrected chi connectivity index (χ4v) is 1.48. The van der Waals surface area contributed by atoms with Crippen molar-refractivity contribution in [2.24, 2.45) is 0 Å². The molecule has 1 unspecified atom stereocenters. The molecule has 0 fully saturated rings. The van der Waals surface area contributed by atoms with Crippen LogP contribution in [-0.4, -0.2) is 24.4 Å². The molecule has 0 aliphatic rings. The second-order valence-corrected chi connectivity index (χ2v) is 9.03. The maximum absolute atomic E-state index is 9.56. The number of nitrogens with one attached hydrogen (secondary N) is 1. The van der Waals surface area contributed by atoms with E-state index in [2.05, 4.69) is 41.4 Å². The van der Waals surface area contributed by atoms with Crippen molar-refractivity contribution >= 4 is 13.9 Å². The Morgan fingerprint density at radius 2 is 2.13 bits per heavy atom. The summed E-state index contributed by atoms with van der Waals surface area (Å²) in [6.07, 6.45) is 0.827. The minimum atomic E-state index is -1.42. The molecular weight excluding hydrogens is 204 g/mol. The van der Waals surface area contributed by atoms with Gasteiger partial charge < -0.3 is 10.4 Å². The van der Waals surface area contributed by atoms with Crippen molar-refractivity contribution in [3.63, 3.8) is 0 Å². The first-order valence-corrected chi connectivity index (χ1v) is 8.36. The summed E-state index contributed by atoms with van der Waals surface area (Å²) >= 11 is 0. The highest BCUT2D eigenvalue weighted by Gasteiger charge is 2.08. The van der Waals surface area contributed by atoms with Gasteiger partial charge in [0.25, 0.3) is 0 Å². The van der Waals surface area contributed by atoms with E-state index in [1.807, 2.05) is 12.1 Å². The van der Waals surface area contributed by atoms with Gasteiger partial charge in [-0.25, -0.2) is 4.98 Å². The number of anilines is 1. The Morgan fingerprint density at radius 1 is 1.40 bits per heavy atom. The van der Waals surface area contributed by atoms with E-state index in [0.717, 1.165) is 0 Å². The van der Waals surface area contributed by atoms with Crippen molar-refractivity contribution in [3.05, 3.63) is 24.4 Å². The molecule has 1 atom stereocenters. The van der Waals surface area contributed by atoms with Gasteiger partial charge in [0.15, 0.2) is 6.23 Å². The van der Waals surface area contributed by atoms with Gasteiger partial charge in [0.05, 0.1) is 0 Å². The zero-order chi connectivity index (χ0) is 11.3. The second-order valence-electron chi connectivity index (χ2n) is 4.28. The van der Waals surface area contributed by atoms with Crippen LogP contribution in [0.5, 0.6) is 0 Å². The predicted octanol–water partition coefficient (Wildman–Crippen LogP) is 1.69. The summed E-state index contributed by atoms with van der Waals surface area (Å²) in [6.45, 7) is 6.40. The number of aromatic nitrogens is 1. The molecule has 0 bridgehead atoms. The van der Waals surface area contributed by atoms with Crippen LogP contribution in [0.15, 0.2) is 24.4 Å². The van der Waals surface area contributed by atoms with Gasteiger partial charge in [-0.05, 0) is 12.1 Å². The zero-order valence-corrected chi connectivity index (χ0v) is 10.3. The van der Waals surface area contributed by atoms with Crippen molar-refractivity contribution in [1.82, 2.24) is 4.98 Å². The molecule has 0 aliphatic heterocycles. The average molecular weight is 220 g/mol. The van der Waals surface area contributed by atoms with Crippen LogP contribution in [0, 0.1) is 11.5 Å². The van der Waals surface area contributed by atoms with Crippen LogP contribution in [0.25, 0.3) is 0 Å². The molecule has 1 aromatic rings. The van der Waals surface area contributed by atoms with Crippen LogP contribution in [0.1, 0.15) is 0 Å². The second kappa shape index (κ2) is 4.96. The van der Waals surface area contributed by atoms with E-state index in [1.54, 1.807) is 12.3 Å². The Kier molecular flexibility index (Phi) is 3.89. The topological polar surface area (TPSA) is 45.1 Å². The lowest BCUT2D eigenvalue weighted by Gasteiger charge is -2.08. The smallest absolute Gasteiger partial charge is 0.189 e. The molecule has 2 N–H and O–H groups in total. The highest BCUT2D eigenvalue weighted by atomic mass is 28.3. The summed E-state index contributed by atoms with van der Waals surface area (Å²) in [5.41, 5.74) is 3.09. The molecule has 0 spiro atoms. The third-order valence-electron chi connectivity index (χ3n) is 1.53. The Labute approximate surface area is 91.6 Å². The van der Waals surface area contributed by atoms with Crippen molar-refractivity contribution in [3.8, 4) is 11.5 Å². The summed E-state index contributed by atoms with van der Waals surface area (Å²) < 4.78 is 0. The fourth-order valence-electron chi connectivity index (χ4n) is 0.909. The molecule has 0 amide bonds. The first kappa shape index (κ1) is 11.8. The normalized spacial score (nSPS) is 12.5. The molecule has 0 saturated carbocycles. The third kappa shape index (κ3) is 5.20. The van der Waals surface area contributed by atoms with Crippen molar-refractivity contribution in [2.75, 3.05) is 5.32 Å². The Balaban J connectivity index is 2.56. The lowest BCUT2D eigenvalue weighted by atomic mass is 10.4. The standard InChI is InChI=1S/C11H16N2OSi/c1-15(2,3)9-7-11(14)13-10-6-4-5-8-12-10/h4-6,8,11,14H,1-3H3,(H,12,13). The Hall–Kier alpha value is -1.31. The predicted molar refractivity (Wildman–Crippen MR) is 65.0 cm³/mol. The van der Waals surface area contributed by atoms with Crippen molar-refractivity contribution < 1.29 is 5.11 Å². The van der Waals surface area contributed by atoms with E-state index >= 15 is 0 Å². The van der Waals surface area contributed by atoms with Crippen LogP contribution in [0.2, 0.25) is 19.6 Å². The minimum absolute atomic E-state index is 0.634. The van der Waals surface area contributed by atoms with E-state index in [-0.39, 0.29) is 0 Å². The number of pyridine rings is 1. The summed E-state index contributed by atoms with van der Waals surface area (Å²) in [7, 11) is -1.42. The molecular formula is C11H16N2OSi. The van der Waals surface area contributed by atoms with E-state index in [1.165, 1.54) is 0 Å². The van der Waals surface area contributed by atoms with E-state index in [0.29, 0.717) is 5.82 Å². The van der Waals surface area contributed by atoms with Crippen molar-refractivity contribution in [2.45, 2.75) is 25.9 Å². The van der Waals surface area contributed by atoms with E-state index in [4.69, 9.17) is 0 Å². The molecule has 0 aliphatic carbocycles. The molecule has 0 radical (unpaired) electrons. The first-order chi connectivity index (χ1) is 6.97. The molecule has 80 valence electrons. The van der Waals surface area contributed by atoms with Crippen LogP contribution in [-0.2, 0) is 0 Å². The van der Waals surface area contributed by atoms with Gasteiger partial charge in [0, 0.05) is 6.20 Å². The zero-order valence-electron chi connectivity index (χ0n) is 9.28. The van der Waals surface area contributed by atoms with E-state index in [9.17, 15) is 5.11 Å². The average Bonchev–Trinajstić information content (AvgIpc) is 2.15. The number of hydrogen-bond acceptors (Lipinski definition) is 3. The van der Waals surface area contributed by atoms with Crippen LogP contribution in [0.3, 0.4) is 0 Å². The number of rotatable bonds is 2. The number of hydrogen-bond donors (Lipinski definition) is 2. The lowest BCUT2D eigenvalue weighted by molar-refractivity contribution is 0.261. The van der Waals surface area contributed by atoms with Crippen LogP contribution >= 0.6 is 0 Å². The third-order valence-corrected chi connectivity index (χ3v) is 2.43. The Bertz CT molecular complexity index is 362. The molecule has 15 heavy (non-hydrogen) atoms. The molecule has 4 heteroatoms. The van der Waals surface area contributed by atoms with Gasteiger partial charge in [-0.1, -0.05) is 31.6 Å². The van der Waals surface area contributed by atoms with Gasteiger partial charge in [0.2, 0.25) is 0 Å². The molecule has 1 rings (SSSR count). The first-order valence-electron chi connectivity index (χ1n) is 4.86. The molecule has 0 aromatic carbocycles. The van der Waals surface area contributed by atoms with Crippen molar-refractivity contribution in [1.29, 1.82) is 0 Å². The summed E-state index contributed by atoms with van der Waals surface area (Å²) in [5.74, 6) is 3.42. The Morgan fingerprint density at radius 3 is 2.67 bits per heavy atom. The lowest BCUT2D eigenvalue weighted by Crippen LogP contribution is -2.21. The molecule has 1 heterocycles. The number of aliphatic hydroxyl groups excluding tert-OH is 1. The molecule has 0 saturated heterocycles. The fraction of sp³-hybridized carbons (Fsp3) is 0.364.